The van der Waals surface area contributed by atoms with Gasteiger partial charge < -0.3 is 9.47 Å². The van der Waals surface area contributed by atoms with Crippen molar-refractivity contribution in [1.82, 2.24) is 9.97 Å². The zero-order valence-corrected chi connectivity index (χ0v) is 10.9. The first-order valence-electron chi connectivity index (χ1n) is 5.59. The highest BCUT2D eigenvalue weighted by Crippen LogP contribution is 2.36. The average Bonchev–Trinajstić information content (AvgIpc) is 2.48. The normalized spacial score (nSPS) is 10.1. The van der Waals surface area contributed by atoms with Crippen molar-refractivity contribution in [3.05, 3.63) is 50.6 Å². The lowest BCUT2D eigenvalue weighted by Crippen LogP contribution is -2.01. The molecule has 1 heterocycles. The molecule has 11 heteroatoms. The van der Waals surface area contributed by atoms with Crippen molar-refractivity contribution < 1.29 is 23.7 Å². The lowest BCUT2D eigenvalue weighted by atomic mass is 10.3. The number of nitro groups is 2. The summed E-state index contributed by atoms with van der Waals surface area (Å²) in [4.78, 5) is 27.0. The molecule has 2 rings (SSSR count). The third-order valence-corrected chi connectivity index (χ3v) is 2.46. The number of methoxy groups -OCH3 is 1. The number of nitro benzene ring substituents is 1. The van der Waals surface area contributed by atoms with Crippen molar-refractivity contribution in [2.75, 3.05) is 7.11 Å². The molecule has 1 aromatic heterocycles. The summed E-state index contributed by atoms with van der Waals surface area (Å²) in [5, 5.41) is 21.7. The van der Waals surface area contributed by atoms with Gasteiger partial charge >= 0.3 is 23.1 Å². The smallest absolute Gasteiger partial charge is 0.392 e. The number of halogens is 1. The zero-order valence-electron chi connectivity index (χ0n) is 10.9. The van der Waals surface area contributed by atoms with Gasteiger partial charge in [-0.2, -0.15) is 14.4 Å². The molecule has 0 bridgehead atoms. The fourth-order valence-electron chi connectivity index (χ4n) is 1.54. The maximum absolute atomic E-state index is 13.2. The number of ether oxygens (including phenoxy) is 2. The summed E-state index contributed by atoms with van der Waals surface area (Å²) in [6.45, 7) is 0. The Bertz CT molecular complexity index is 753. The summed E-state index contributed by atoms with van der Waals surface area (Å²) in [5.74, 6) is -2.09. The minimum Gasteiger partial charge on any atom is -0.476 e. The Hall–Kier alpha value is -3.37. The van der Waals surface area contributed by atoms with Crippen LogP contribution in [0.5, 0.6) is 17.5 Å². The number of hydrogen-bond acceptors (Lipinski definition) is 8. The van der Waals surface area contributed by atoms with Gasteiger partial charge in [-0.05, 0) is 12.1 Å². The Morgan fingerprint density at radius 1 is 1.14 bits per heavy atom. The van der Waals surface area contributed by atoms with Crippen LogP contribution in [0.4, 0.5) is 15.8 Å². The number of aromatic nitrogens is 2. The van der Waals surface area contributed by atoms with Gasteiger partial charge in [-0.15, -0.1) is 0 Å². The van der Waals surface area contributed by atoms with E-state index < -0.39 is 32.9 Å². The summed E-state index contributed by atoms with van der Waals surface area (Å²) in [6.07, 6.45) is 0.957. The molecule has 0 N–H and O–H groups in total. The van der Waals surface area contributed by atoms with Gasteiger partial charge in [-0.25, -0.2) is 0 Å². The highest BCUT2D eigenvalue weighted by Gasteiger charge is 2.26. The first-order valence-corrected chi connectivity index (χ1v) is 5.59. The topological polar surface area (TPSA) is 131 Å². The summed E-state index contributed by atoms with van der Waals surface area (Å²) in [5.41, 5.74) is -1.49. The highest BCUT2D eigenvalue weighted by atomic mass is 19.1. The summed E-state index contributed by atoms with van der Waals surface area (Å²) in [6, 6.07) is 2.66. The van der Waals surface area contributed by atoms with Crippen LogP contribution in [0.1, 0.15) is 0 Å². The SMILES string of the molecule is COc1ncnc(Oc2ccc(F)c([N+](=O)[O-])c2)c1[N+](=O)[O-]. The second-order valence-electron chi connectivity index (χ2n) is 3.77. The average molecular weight is 310 g/mol. The van der Waals surface area contributed by atoms with Gasteiger partial charge in [0.25, 0.3) is 0 Å². The second-order valence-corrected chi connectivity index (χ2v) is 3.77. The van der Waals surface area contributed by atoms with E-state index >= 15 is 0 Å². The van der Waals surface area contributed by atoms with E-state index in [4.69, 9.17) is 9.47 Å². The predicted octanol–water partition coefficient (Wildman–Crippen LogP) is 2.23. The van der Waals surface area contributed by atoms with Crippen LogP contribution in [0.3, 0.4) is 0 Å². The molecule has 0 saturated carbocycles. The highest BCUT2D eigenvalue weighted by molar-refractivity contribution is 5.51. The van der Waals surface area contributed by atoms with Gasteiger partial charge in [0.15, 0.2) is 0 Å². The van der Waals surface area contributed by atoms with Crippen molar-refractivity contribution in [2.45, 2.75) is 0 Å². The number of benzene rings is 1. The summed E-state index contributed by atoms with van der Waals surface area (Å²) >= 11 is 0. The molecule has 0 fully saturated rings. The molecule has 0 amide bonds. The first-order chi connectivity index (χ1) is 10.4. The fraction of sp³-hybridized carbons (Fsp3) is 0.0909. The van der Waals surface area contributed by atoms with Crippen LogP contribution < -0.4 is 9.47 Å². The minimum atomic E-state index is -1.06. The molecule has 22 heavy (non-hydrogen) atoms. The molecule has 1 aromatic carbocycles. The molecule has 10 nitrogen and oxygen atoms in total. The van der Waals surface area contributed by atoms with E-state index in [1.54, 1.807) is 0 Å². The number of rotatable bonds is 5. The Kier molecular flexibility index (Phi) is 4.06. The van der Waals surface area contributed by atoms with Gasteiger partial charge in [-0.1, -0.05) is 0 Å². The van der Waals surface area contributed by atoms with E-state index in [0.717, 1.165) is 24.5 Å². The Balaban J connectivity index is 2.45. The van der Waals surface area contributed by atoms with E-state index in [1.807, 2.05) is 0 Å². The summed E-state index contributed by atoms with van der Waals surface area (Å²) < 4.78 is 23.1. The lowest BCUT2D eigenvalue weighted by molar-refractivity contribution is -0.388. The van der Waals surface area contributed by atoms with Crippen LogP contribution >= 0.6 is 0 Å². The first kappa shape index (κ1) is 15.0. The molecule has 0 unspecified atom stereocenters. The Morgan fingerprint density at radius 3 is 2.41 bits per heavy atom. The Morgan fingerprint density at radius 2 is 1.82 bits per heavy atom. The molecular formula is C11H7FN4O6. The molecule has 0 saturated heterocycles. The van der Waals surface area contributed by atoms with Crippen molar-refractivity contribution in [1.29, 1.82) is 0 Å². The molecule has 0 aliphatic rings. The van der Waals surface area contributed by atoms with Crippen molar-refractivity contribution in [3.63, 3.8) is 0 Å². The lowest BCUT2D eigenvalue weighted by Gasteiger charge is -2.06. The van der Waals surface area contributed by atoms with Gasteiger partial charge in [0.2, 0.25) is 5.82 Å². The van der Waals surface area contributed by atoms with Crippen LogP contribution in [-0.4, -0.2) is 26.9 Å². The molecule has 0 atom stereocenters. The van der Waals surface area contributed by atoms with E-state index in [2.05, 4.69) is 9.97 Å². The van der Waals surface area contributed by atoms with Crippen LogP contribution in [-0.2, 0) is 0 Å². The van der Waals surface area contributed by atoms with E-state index in [-0.39, 0.29) is 11.6 Å². The van der Waals surface area contributed by atoms with Gasteiger partial charge in [0.05, 0.1) is 23.0 Å². The standard InChI is InChI=1S/C11H7FN4O6/c1-21-10-9(16(19)20)11(14-5-13-10)22-6-2-3-7(12)8(4-6)15(17)18/h2-5H,1H3. The third kappa shape index (κ3) is 2.87. The van der Waals surface area contributed by atoms with Gasteiger partial charge in [-0.3, -0.25) is 20.2 Å². The molecule has 2 aromatic rings. The van der Waals surface area contributed by atoms with Crippen LogP contribution in [0.15, 0.2) is 24.5 Å². The van der Waals surface area contributed by atoms with Gasteiger partial charge in [0.1, 0.15) is 12.1 Å². The monoisotopic (exact) mass is 310 g/mol. The van der Waals surface area contributed by atoms with E-state index in [1.165, 1.54) is 7.11 Å². The molecule has 0 radical (unpaired) electrons. The zero-order chi connectivity index (χ0) is 16.3. The molecule has 0 aliphatic heterocycles. The van der Waals surface area contributed by atoms with Crippen LogP contribution in [0.25, 0.3) is 0 Å². The number of hydrogen-bond donors (Lipinski definition) is 0. The van der Waals surface area contributed by atoms with Crippen molar-refractivity contribution in [2.24, 2.45) is 0 Å². The maximum Gasteiger partial charge on any atom is 0.392 e. The van der Waals surface area contributed by atoms with E-state index in [0.29, 0.717) is 0 Å². The quantitative estimate of drug-likeness (QED) is 0.606. The van der Waals surface area contributed by atoms with Crippen LogP contribution in [0, 0.1) is 26.0 Å². The van der Waals surface area contributed by atoms with Crippen molar-refractivity contribution >= 4 is 11.4 Å². The molecule has 114 valence electrons. The fourth-order valence-corrected chi connectivity index (χ4v) is 1.54. The van der Waals surface area contributed by atoms with Crippen molar-refractivity contribution in [3.8, 4) is 17.5 Å². The summed E-state index contributed by atoms with van der Waals surface area (Å²) in [7, 11) is 1.17. The van der Waals surface area contributed by atoms with Gasteiger partial charge in [0, 0.05) is 0 Å². The maximum atomic E-state index is 13.2. The van der Waals surface area contributed by atoms with E-state index in [9.17, 15) is 24.6 Å². The largest absolute Gasteiger partial charge is 0.476 e. The molecule has 0 aliphatic carbocycles. The predicted molar refractivity (Wildman–Crippen MR) is 68.4 cm³/mol. The Labute approximate surface area is 121 Å². The molecular weight excluding hydrogens is 303 g/mol. The number of nitrogens with zero attached hydrogens (tertiary/aromatic N) is 4. The second kappa shape index (κ2) is 5.95. The van der Waals surface area contributed by atoms with Crippen LogP contribution in [0.2, 0.25) is 0 Å². The third-order valence-electron chi connectivity index (χ3n) is 2.46. The molecule has 0 spiro atoms. The minimum absolute atomic E-state index is 0.197.